The molecule has 4 rings (SSSR count). The number of para-hydroxylation sites is 1. The van der Waals surface area contributed by atoms with Crippen molar-refractivity contribution in [3.05, 3.63) is 88.4 Å². The maximum Gasteiger partial charge on any atom is 0.264 e. The highest BCUT2D eigenvalue weighted by Crippen LogP contribution is 2.14. The Hall–Kier alpha value is -3.36. The molecule has 8 heteroatoms. The van der Waals surface area contributed by atoms with E-state index < -0.39 is 6.10 Å². The Bertz CT molecular complexity index is 1220. The van der Waals surface area contributed by atoms with Crippen molar-refractivity contribution >= 4 is 11.0 Å². The predicted molar refractivity (Wildman–Crippen MR) is 110 cm³/mol. The molecule has 0 radical (unpaired) electrons. The van der Waals surface area contributed by atoms with Crippen molar-refractivity contribution in [2.24, 2.45) is 0 Å². The number of aliphatic hydroxyl groups is 1. The number of halogens is 1. The Kier molecular flexibility index (Phi) is 5.69. The molecule has 0 bridgehead atoms. The summed E-state index contributed by atoms with van der Waals surface area (Å²) in [6.07, 6.45) is 0.533. The van der Waals surface area contributed by atoms with Crippen molar-refractivity contribution in [3.8, 4) is 5.69 Å². The second kappa shape index (κ2) is 8.56. The van der Waals surface area contributed by atoms with Crippen LogP contribution in [0.2, 0.25) is 0 Å². The number of rotatable bonds is 7. The number of aryl methyl sites for hydroxylation is 1. The Morgan fingerprint density at radius 3 is 2.63 bits per heavy atom. The van der Waals surface area contributed by atoms with Crippen LogP contribution in [0.3, 0.4) is 0 Å². The zero-order valence-corrected chi connectivity index (χ0v) is 16.4. The largest absolute Gasteiger partial charge is 0.389 e. The van der Waals surface area contributed by atoms with E-state index in [9.17, 15) is 14.3 Å². The first-order valence-corrected chi connectivity index (χ1v) is 9.54. The summed E-state index contributed by atoms with van der Waals surface area (Å²) < 4.78 is 22.1. The molecule has 0 fully saturated rings. The fourth-order valence-corrected chi connectivity index (χ4v) is 3.26. The maximum atomic E-state index is 13.6. The first-order valence-electron chi connectivity index (χ1n) is 9.54. The van der Waals surface area contributed by atoms with E-state index in [0.29, 0.717) is 22.4 Å². The fraction of sp³-hybridized carbons (Fsp3) is 0.227. The van der Waals surface area contributed by atoms with E-state index in [2.05, 4.69) is 10.1 Å². The van der Waals surface area contributed by atoms with Crippen molar-refractivity contribution < 1.29 is 14.2 Å². The summed E-state index contributed by atoms with van der Waals surface area (Å²) in [6, 6.07) is 15.7. The molecule has 0 spiro atoms. The molecule has 1 atom stereocenters. The molecular formula is C22H21FN4O3. The van der Waals surface area contributed by atoms with Gasteiger partial charge in [0.2, 0.25) is 0 Å². The van der Waals surface area contributed by atoms with Crippen LogP contribution in [-0.2, 0) is 17.9 Å². The average molecular weight is 408 g/mol. The van der Waals surface area contributed by atoms with Crippen molar-refractivity contribution in [3.63, 3.8) is 0 Å². The number of hydrogen-bond donors (Lipinski definition) is 1. The Morgan fingerprint density at radius 1 is 1.13 bits per heavy atom. The fourth-order valence-electron chi connectivity index (χ4n) is 3.26. The van der Waals surface area contributed by atoms with Gasteiger partial charge in [0, 0.05) is 5.56 Å². The second-order valence-corrected chi connectivity index (χ2v) is 6.96. The summed E-state index contributed by atoms with van der Waals surface area (Å²) in [5.74, 6) is 0.0995. The SMILES string of the molecule is Cc1nc2c(cnn2-c2ccccc2)c(=O)n1C[C@@H](O)COCc1ccccc1F. The van der Waals surface area contributed by atoms with E-state index in [-0.39, 0.29) is 31.1 Å². The van der Waals surface area contributed by atoms with Crippen molar-refractivity contribution in [2.75, 3.05) is 6.61 Å². The minimum atomic E-state index is -0.948. The van der Waals surface area contributed by atoms with Crippen LogP contribution in [0, 0.1) is 12.7 Å². The van der Waals surface area contributed by atoms with Crippen LogP contribution in [0.5, 0.6) is 0 Å². The van der Waals surface area contributed by atoms with Crippen LogP contribution in [0.4, 0.5) is 4.39 Å². The van der Waals surface area contributed by atoms with Gasteiger partial charge >= 0.3 is 0 Å². The topological polar surface area (TPSA) is 82.2 Å². The van der Waals surface area contributed by atoms with Crippen LogP contribution in [0.15, 0.2) is 65.6 Å². The van der Waals surface area contributed by atoms with E-state index in [1.165, 1.54) is 16.8 Å². The first-order chi connectivity index (χ1) is 14.5. The molecule has 0 saturated carbocycles. The molecule has 30 heavy (non-hydrogen) atoms. The van der Waals surface area contributed by atoms with Gasteiger partial charge in [0.25, 0.3) is 5.56 Å². The van der Waals surface area contributed by atoms with Crippen LogP contribution in [0.1, 0.15) is 11.4 Å². The van der Waals surface area contributed by atoms with Gasteiger partial charge in [0.15, 0.2) is 5.65 Å². The second-order valence-electron chi connectivity index (χ2n) is 6.96. The molecule has 0 unspecified atom stereocenters. The molecule has 2 aromatic carbocycles. The quantitative estimate of drug-likeness (QED) is 0.508. The van der Waals surface area contributed by atoms with Gasteiger partial charge in [-0.25, -0.2) is 14.1 Å². The Morgan fingerprint density at radius 2 is 1.87 bits per heavy atom. The maximum absolute atomic E-state index is 13.6. The first kappa shape index (κ1) is 19.9. The highest BCUT2D eigenvalue weighted by molar-refractivity contribution is 5.75. The summed E-state index contributed by atoms with van der Waals surface area (Å²) in [4.78, 5) is 17.5. The summed E-state index contributed by atoms with van der Waals surface area (Å²) in [7, 11) is 0. The minimum absolute atomic E-state index is 0.0153. The lowest BCUT2D eigenvalue weighted by molar-refractivity contribution is 0.0186. The molecule has 4 aromatic rings. The number of aromatic nitrogens is 4. The third kappa shape index (κ3) is 4.00. The summed E-state index contributed by atoms with van der Waals surface area (Å²) in [5, 5.41) is 15.0. The highest BCUT2D eigenvalue weighted by atomic mass is 19.1. The van der Waals surface area contributed by atoms with Gasteiger partial charge in [-0.1, -0.05) is 36.4 Å². The molecule has 2 heterocycles. The molecule has 1 N–H and O–H groups in total. The average Bonchev–Trinajstić information content (AvgIpc) is 3.17. The van der Waals surface area contributed by atoms with Gasteiger partial charge in [-0.15, -0.1) is 0 Å². The van der Waals surface area contributed by atoms with Gasteiger partial charge < -0.3 is 9.84 Å². The van der Waals surface area contributed by atoms with Crippen LogP contribution in [0.25, 0.3) is 16.7 Å². The van der Waals surface area contributed by atoms with E-state index in [4.69, 9.17) is 4.74 Å². The standard InChI is InChI=1S/C22H21FN4O3/c1-15-25-21-19(11-24-27(21)17-8-3-2-4-9-17)22(29)26(15)12-18(28)14-30-13-16-7-5-6-10-20(16)23/h2-11,18,28H,12-14H2,1H3/t18-/m1/s1. The molecule has 0 aliphatic rings. The van der Waals surface area contributed by atoms with Crippen LogP contribution < -0.4 is 5.56 Å². The lowest BCUT2D eigenvalue weighted by atomic mass is 10.2. The molecule has 0 aliphatic carbocycles. The molecule has 2 aromatic heterocycles. The highest BCUT2D eigenvalue weighted by Gasteiger charge is 2.16. The van der Waals surface area contributed by atoms with Gasteiger partial charge in [0.1, 0.15) is 17.0 Å². The van der Waals surface area contributed by atoms with E-state index in [1.54, 1.807) is 29.8 Å². The van der Waals surface area contributed by atoms with E-state index >= 15 is 0 Å². The summed E-state index contributed by atoms with van der Waals surface area (Å²) in [5.41, 5.74) is 1.39. The monoisotopic (exact) mass is 408 g/mol. The summed E-state index contributed by atoms with van der Waals surface area (Å²) in [6.45, 7) is 1.72. The number of nitrogens with zero attached hydrogens (tertiary/aromatic N) is 4. The predicted octanol–water partition coefficient (Wildman–Crippen LogP) is 2.61. The summed E-state index contributed by atoms with van der Waals surface area (Å²) >= 11 is 0. The zero-order valence-electron chi connectivity index (χ0n) is 16.4. The molecule has 7 nitrogen and oxygen atoms in total. The molecule has 0 aliphatic heterocycles. The number of benzene rings is 2. The molecule has 154 valence electrons. The normalized spacial score (nSPS) is 12.4. The third-order valence-corrected chi connectivity index (χ3v) is 4.80. The smallest absolute Gasteiger partial charge is 0.264 e. The molecule has 0 saturated heterocycles. The van der Waals surface area contributed by atoms with Gasteiger partial charge in [-0.3, -0.25) is 9.36 Å². The van der Waals surface area contributed by atoms with E-state index in [1.807, 2.05) is 30.3 Å². The van der Waals surface area contributed by atoms with Crippen molar-refractivity contribution in [2.45, 2.75) is 26.2 Å². The Labute approximate surface area is 172 Å². The van der Waals surface area contributed by atoms with Gasteiger partial charge in [-0.2, -0.15) is 5.10 Å². The van der Waals surface area contributed by atoms with Crippen LogP contribution in [-0.4, -0.2) is 37.1 Å². The zero-order chi connectivity index (χ0) is 21.1. The number of aliphatic hydroxyl groups excluding tert-OH is 1. The van der Waals surface area contributed by atoms with Gasteiger partial charge in [0.05, 0.1) is 37.7 Å². The van der Waals surface area contributed by atoms with Crippen molar-refractivity contribution in [1.82, 2.24) is 19.3 Å². The number of fused-ring (bicyclic) bond motifs is 1. The van der Waals surface area contributed by atoms with Crippen LogP contribution >= 0.6 is 0 Å². The lowest BCUT2D eigenvalue weighted by Gasteiger charge is -2.15. The van der Waals surface area contributed by atoms with E-state index in [0.717, 1.165) is 5.69 Å². The third-order valence-electron chi connectivity index (χ3n) is 4.80. The lowest BCUT2D eigenvalue weighted by Crippen LogP contribution is -2.31. The minimum Gasteiger partial charge on any atom is -0.389 e. The van der Waals surface area contributed by atoms with Gasteiger partial charge in [-0.05, 0) is 25.1 Å². The number of hydrogen-bond acceptors (Lipinski definition) is 5. The Balaban J connectivity index is 1.50. The number of ether oxygens (including phenoxy) is 1. The molecule has 0 amide bonds. The molecular weight excluding hydrogens is 387 g/mol. The van der Waals surface area contributed by atoms with Crippen molar-refractivity contribution in [1.29, 1.82) is 0 Å².